The van der Waals surface area contributed by atoms with Crippen molar-refractivity contribution >= 4 is 60.8 Å². The van der Waals surface area contributed by atoms with E-state index < -0.39 is 0 Å². The van der Waals surface area contributed by atoms with Crippen LogP contribution >= 0.6 is 0 Å². The van der Waals surface area contributed by atoms with Crippen LogP contribution in [0.2, 0.25) is 0 Å². The van der Waals surface area contributed by atoms with Gasteiger partial charge in [-0.3, -0.25) is 0 Å². The zero-order valence-corrected chi connectivity index (χ0v) is 31.5. The number of aromatic nitrogens is 1. The highest BCUT2D eigenvalue weighted by atomic mass is 16.3. The summed E-state index contributed by atoms with van der Waals surface area (Å²) in [7, 11) is 0. The minimum Gasteiger partial charge on any atom is -0.507 e. The lowest BCUT2D eigenvalue weighted by molar-refractivity contribution is 0.479. The van der Waals surface area contributed by atoms with E-state index in [9.17, 15) is 5.11 Å². The average molecular weight is 745 g/mol. The van der Waals surface area contributed by atoms with Crippen LogP contribution in [0.15, 0.2) is 217 Å². The summed E-state index contributed by atoms with van der Waals surface area (Å²) in [5.74, 6) is 0.271. The minimum atomic E-state index is 0.271. The SMILES string of the molecule is Oc1c(-c2ccccc2)cccc1-c1ccc(N(c2ccc(-c3ccccc3)cc2)c2ccc3c4c5oc6ccccc6c5ccc4n(-c4ccccc4)c3c2)cc1. The van der Waals surface area contributed by atoms with Gasteiger partial charge in [0.1, 0.15) is 16.9 Å². The normalized spacial score (nSPS) is 11.5. The molecular weight excluding hydrogens is 709 g/mol. The first-order chi connectivity index (χ1) is 28.7. The van der Waals surface area contributed by atoms with Gasteiger partial charge in [-0.1, -0.05) is 140 Å². The van der Waals surface area contributed by atoms with Gasteiger partial charge in [0.05, 0.1) is 16.4 Å². The Morgan fingerprint density at radius 1 is 0.397 bits per heavy atom. The molecule has 4 heteroatoms. The zero-order chi connectivity index (χ0) is 38.6. The third kappa shape index (κ3) is 5.54. The summed E-state index contributed by atoms with van der Waals surface area (Å²) >= 11 is 0. The molecule has 0 spiro atoms. The summed E-state index contributed by atoms with van der Waals surface area (Å²) < 4.78 is 8.98. The number of para-hydroxylation sites is 3. The maximum Gasteiger partial charge on any atom is 0.145 e. The lowest BCUT2D eigenvalue weighted by Crippen LogP contribution is -2.10. The second-order valence-corrected chi connectivity index (χ2v) is 14.7. The molecule has 2 aromatic heterocycles. The van der Waals surface area contributed by atoms with E-state index in [4.69, 9.17) is 4.42 Å². The van der Waals surface area contributed by atoms with E-state index in [-0.39, 0.29) is 5.75 Å². The Bertz CT molecular complexity index is 3260. The summed E-state index contributed by atoms with van der Waals surface area (Å²) in [6.07, 6.45) is 0. The van der Waals surface area contributed by atoms with Crippen LogP contribution < -0.4 is 4.90 Å². The van der Waals surface area contributed by atoms with Crippen LogP contribution in [0.4, 0.5) is 17.1 Å². The number of hydrogen-bond acceptors (Lipinski definition) is 3. The van der Waals surface area contributed by atoms with Crippen LogP contribution in [0, 0.1) is 0 Å². The fourth-order valence-electron chi connectivity index (χ4n) is 8.56. The molecule has 1 N–H and O–H groups in total. The molecule has 0 bridgehead atoms. The first-order valence-corrected chi connectivity index (χ1v) is 19.6. The molecule has 11 aromatic rings. The maximum absolute atomic E-state index is 11.5. The molecule has 0 fully saturated rings. The van der Waals surface area contributed by atoms with Crippen molar-refractivity contribution < 1.29 is 9.52 Å². The maximum atomic E-state index is 11.5. The van der Waals surface area contributed by atoms with Crippen LogP contribution in [0.5, 0.6) is 5.75 Å². The van der Waals surface area contributed by atoms with Crippen LogP contribution in [0.1, 0.15) is 0 Å². The second-order valence-electron chi connectivity index (χ2n) is 14.7. The number of rotatable bonds is 7. The van der Waals surface area contributed by atoms with Gasteiger partial charge in [-0.2, -0.15) is 0 Å². The number of anilines is 3. The van der Waals surface area contributed by atoms with Crippen molar-refractivity contribution in [1.29, 1.82) is 0 Å². The molecule has 9 aromatic carbocycles. The van der Waals surface area contributed by atoms with Crippen molar-refractivity contribution in [3.63, 3.8) is 0 Å². The van der Waals surface area contributed by atoms with E-state index in [1.807, 2.05) is 66.7 Å². The van der Waals surface area contributed by atoms with Crippen molar-refractivity contribution in [2.24, 2.45) is 0 Å². The van der Waals surface area contributed by atoms with E-state index in [1.54, 1.807) is 0 Å². The van der Waals surface area contributed by atoms with Gasteiger partial charge in [0.15, 0.2) is 0 Å². The summed E-state index contributed by atoms with van der Waals surface area (Å²) in [5, 5.41) is 16.0. The van der Waals surface area contributed by atoms with Gasteiger partial charge in [-0.25, -0.2) is 0 Å². The lowest BCUT2D eigenvalue weighted by Gasteiger charge is -2.26. The van der Waals surface area contributed by atoms with Gasteiger partial charge in [0.2, 0.25) is 0 Å². The van der Waals surface area contributed by atoms with E-state index >= 15 is 0 Å². The molecule has 0 radical (unpaired) electrons. The third-order valence-corrected chi connectivity index (χ3v) is 11.3. The van der Waals surface area contributed by atoms with Crippen LogP contribution in [0.25, 0.3) is 82.8 Å². The highest BCUT2D eigenvalue weighted by Gasteiger charge is 2.21. The van der Waals surface area contributed by atoms with E-state index in [0.29, 0.717) is 0 Å². The molecule has 0 saturated heterocycles. The first kappa shape index (κ1) is 33.5. The Balaban J connectivity index is 1.10. The lowest BCUT2D eigenvalue weighted by atomic mass is 9.97. The van der Waals surface area contributed by atoms with Gasteiger partial charge in [-0.05, 0) is 95.1 Å². The Morgan fingerprint density at radius 3 is 1.62 bits per heavy atom. The van der Waals surface area contributed by atoms with Gasteiger partial charge in [-0.15, -0.1) is 0 Å². The molecule has 0 atom stereocenters. The number of benzene rings is 9. The molecule has 0 unspecified atom stereocenters. The average Bonchev–Trinajstić information content (AvgIpc) is 3.84. The molecule has 274 valence electrons. The second kappa shape index (κ2) is 13.7. The quantitative estimate of drug-likeness (QED) is 0.177. The molecule has 0 saturated carbocycles. The number of fused-ring (bicyclic) bond motifs is 7. The Morgan fingerprint density at radius 2 is 0.931 bits per heavy atom. The first-order valence-electron chi connectivity index (χ1n) is 19.6. The van der Waals surface area contributed by atoms with Gasteiger partial charge < -0.3 is 19.0 Å². The third-order valence-electron chi connectivity index (χ3n) is 11.3. The Kier molecular flexibility index (Phi) is 7.93. The number of furan rings is 1. The fourth-order valence-corrected chi connectivity index (χ4v) is 8.56. The monoisotopic (exact) mass is 744 g/mol. The van der Waals surface area contributed by atoms with Gasteiger partial charge in [0, 0.05) is 50.0 Å². The molecule has 0 aliphatic carbocycles. The molecule has 58 heavy (non-hydrogen) atoms. The molecule has 2 heterocycles. The van der Waals surface area contributed by atoms with E-state index in [0.717, 1.165) is 94.3 Å². The molecule has 0 aliphatic rings. The molecule has 11 rings (SSSR count). The number of phenols is 1. The Labute approximate surface area is 335 Å². The van der Waals surface area contributed by atoms with Crippen molar-refractivity contribution in [2.45, 2.75) is 0 Å². The molecule has 0 amide bonds. The predicted octanol–water partition coefficient (Wildman–Crippen LogP) is 14.9. The number of nitrogens with zero attached hydrogens (tertiary/aromatic N) is 2. The summed E-state index contributed by atoms with van der Waals surface area (Å²) in [5.41, 5.74) is 13.9. The molecule has 4 nitrogen and oxygen atoms in total. The number of hydrogen-bond donors (Lipinski definition) is 1. The van der Waals surface area contributed by atoms with Crippen molar-refractivity contribution in [2.75, 3.05) is 4.90 Å². The van der Waals surface area contributed by atoms with Crippen molar-refractivity contribution in [1.82, 2.24) is 4.57 Å². The molecule has 0 aliphatic heterocycles. The summed E-state index contributed by atoms with van der Waals surface area (Å²) in [6, 6.07) is 73.7. The largest absolute Gasteiger partial charge is 0.507 e. The standard InChI is InChI=1S/C54H36N2O2/c57-53-44(38-15-6-2-7-16-38)20-12-21-45(53)39-25-29-42(30-26-39)55(41-27-23-37(24-28-41)36-13-4-1-5-14-36)43-31-32-48-50(35-43)56(40-17-8-3-9-18-40)49-34-33-47-46-19-10-11-22-51(46)58-54(47)52(48)49/h1-35,57H. The van der Waals surface area contributed by atoms with Crippen molar-refractivity contribution in [3.8, 4) is 44.8 Å². The highest BCUT2D eigenvalue weighted by molar-refractivity contribution is 6.24. The van der Waals surface area contributed by atoms with Crippen LogP contribution in [-0.4, -0.2) is 9.67 Å². The smallest absolute Gasteiger partial charge is 0.145 e. The van der Waals surface area contributed by atoms with Crippen LogP contribution in [0.3, 0.4) is 0 Å². The number of phenolic OH excluding ortho intramolecular Hbond substituents is 1. The minimum absolute atomic E-state index is 0.271. The van der Waals surface area contributed by atoms with E-state index in [1.165, 1.54) is 5.56 Å². The van der Waals surface area contributed by atoms with E-state index in [2.05, 4.69) is 155 Å². The predicted molar refractivity (Wildman–Crippen MR) is 241 cm³/mol. The van der Waals surface area contributed by atoms with Crippen LogP contribution in [-0.2, 0) is 0 Å². The van der Waals surface area contributed by atoms with Crippen molar-refractivity contribution in [3.05, 3.63) is 212 Å². The molecular formula is C54H36N2O2. The van der Waals surface area contributed by atoms with Gasteiger partial charge >= 0.3 is 0 Å². The summed E-state index contributed by atoms with van der Waals surface area (Å²) in [4.78, 5) is 2.31. The fraction of sp³-hybridized carbons (Fsp3) is 0. The highest BCUT2D eigenvalue weighted by Crippen LogP contribution is 2.45. The van der Waals surface area contributed by atoms with Gasteiger partial charge in [0.25, 0.3) is 0 Å². The zero-order valence-electron chi connectivity index (χ0n) is 31.5. The topological polar surface area (TPSA) is 41.5 Å². The summed E-state index contributed by atoms with van der Waals surface area (Å²) in [6.45, 7) is 0. The number of aromatic hydroxyl groups is 1. The Hall–Kier alpha value is -7.82.